The Morgan fingerprint density at radius 1 is 0.667 bits per heavy atom. The first kappa shape index (κ1) is 20.6. The van der Waals surface area contributed by atoms with Crippen LogP contribution in [0.5, 0.6) is 11.5 Å². The number of carbonyl (C=O) groups is 2. The molecule has 1 unspecified atom stereocenters. The van der Waals surface area contributed by atoms with E-state index in [9.17, 15) is 9.59 Å². The lowest BCUT2D eigenvalue weighted by atomic mass is 9.92. The van der Waals surface area contributed by atoms with Crippen molar-refractivity contribution in [2.45, 2.75) is 12.1 Å². The lowest BCUT2D eigenvalue weighted by molar-refractivity contribution is -0.145. The molecule has 164 valence electrons. The van der Waals surface area contributed by atoms with Crippen molar-refractivity contribution in [3.05, 3.63) is 115 Å². The molecule has 2 aliphatic heterocycles. The first-order valence-electron chi connectivity index (χ1n) is 10.7. The van der Waals surface area contributed by atoms with Gasteiger partial charge in [-0.1, -0.05) is 66.7 Å². The van der Waals surface area contributed by atoms with E-state index >= 15 is 0 Å². The van der Waals surface area contributed by atoms with E-state index in [1.165, 1.54) is 0 Å². The van der Waals surface area contributed by atoms with E-state index in [1.807, 2.05) is 76.9 Å². The van der Waals surface area contributed by atoms with Gasteiger partial charge in [-0.15, -0.1) is 0 Å². The van der Waals surface area contributed by atoms with Crippen LogP contribution in [0.15, 0.2) is 115 Å². The van der Waals surface area contributed by atoms with Crippen molar-refractivity contribution < 1.29 is 19.1 Å². The summed E-state index contributed by atoms with van der Waals surface area (Å²) in [6.45, 7) is 0. The summed E-state index contributed by atoms with van der Waals surface area (Å²) in [5.74, 6) is -0.997. The number of para-hydroxylation sites is 3. The highest BCUT2D eigenvalue weighted by molar-refractivity contribution is 5.91. The molecule has 2 heterocycles. The van der Waals surface area contributed by atoms with Gasteiger partial charge < -0.3 is 9.47 Å². The Bertz CT molecular complexity index is 1180. The Balaban J connectivity index is 1.55. The average Bonchev–Trinajstić information content (AvgIpc) is 3.21. The molecule has 6 heteroatoms. The Kier molecular flexibility index (Phi) is 5.64. The number of esters is 2. The van der Waals surface area contributed by atoms with E-state index in [4.69, 9.17) is 9.47 Å². The van der Waals surface area contributed by atoms with Crippen LogP contribution in [0.4, 0.5) is 5.69 Å². The standard InChI is InChI=1S/C27H22N2O4/c30-26(32-21-14-6-2-7-15-21)24-23-18-10-11-19-28(23)29(20-12-4-1-5-13-20)25(24)27(31)33-22-16-8-3-9-17-22/h1-19,23-25H/t23?,24-,25-/m1/s1. The summed E-state index contributed by atoms with van der Waals surface area (Å²) in [4.78, 5) is 27.0. The number of carbonyl (C=O) groups excluding carboxylic acids is 2. The predicted octanol–water partition coefficient (Wildman–Crippen LogP) is 4.37. The summed E-state index contributed by atoms with van der Waals surface area (Å²) >= 11 is 0. The number of anilines is 1. The van der Waals surface area contributed by atoms with Crippen LogP contribution in [0.1, 0.15) is 0 Å². The van der Waals surface area contributed by atoms with Crippen molar-refractivity contribution >= 4 is 17.6 Å². The monoisotopic (exact) mass is 438 g/mol. The van der Waals surface area contributed by atoms with Crippen LogP contribution in [0, 0.1) is 5.92 Å². The molecule has 0 aliphatic carbocycles. The summed E-state index contributed by atoms with van der Waals surface area (Å²) in [5, 5.41) is 3.70. The maximum atomic E-state index is 13.6. The van der Waals surface area contributed by atoms with Crippen LogP contribution in [0.3, 0.4) is 0 Å². The first-order chi connectivity index (χ1) is 16.2. The SMILES string of the molecule is O=C(Oc1ccccc1)[C@@H]1C2C=CC=CN2N(c2ccccc2)[C@H]1C(=O)Oc1ccccc1. The maximum Gasteiger partial charge on any atom is 0.337 e. The number of ether oxygens (including phenoxy) is 2. The third-order valence-electron chi connectivity index (χ3n) is 5.64. The van der Waals surface area contributed by atoms with Gasteiger partial charge in [0.2, 0.25) is 0 Å². The number of hydrogen-bond acceptors (Lipinski definition) is 6. The van der Waals surface area contributed by atoms with E-state index in [0.717, 1.165) is 5.69 Å². The van der Waals surface area contributed by atoms with E-state index in [2.05, 4.69) is 0 Å². The van der Waals surface area contributed by atoms with Crippen molar-refractivity contribution in [2.24, 2.45) is 5.92 Å². The summed E-state index contributed by atoms with van der Waals surface area (Å²) in [7, 11) is 0. The molecule has 5 rings (SSSR count). The number of nitrogens with zero attached hydrogens (tertiary/aromatic N) is 2. The Labute approximate surface area is 191 Å². The number of rotatable bonds is 5. The third kappa shape index (κ3) is 4.11. The average molecular weight is 438 g/mol. The molecule has 0 N–H and O–H groups in total. The number of benzene rings is 3. The minimum Gasteiger partial charge on any atom is -0.426 e. The van der Waals surface area contributed by atoms with Gasteiger partial charge in [0, 0.05) is 6.20 Å². The largest absolute Gasteiger partial charge is 0.426 e. The zero-order valence-electron chi connectivity index (χ0n) is 17.7. The number of hydrazine groups is 1. The van der Waals surface area contributed by atoms with Crippen LogP contribution in [-0.2, 0) is 9.59 Å². The highest BCUT2D eigenvalue weighted by Crippen LogP contribution is 2.39. The first-order valence-corrected chi connectivity index (χ1v) is 10.7. The maximum absolute atomic E-state index is 13.6. The molecule has 2 aliphatic rings. The molecule has 3 aromatic carbocycles. The molecule has 0 aromatic heterocycles. The second-order valence-corrected chi connectivity index (χ2v) is 7.72. The molecule has 6 nitrogen and oxygen atoms in total. The lowest BCUT2D eigenvalue weighted by Crippen LogP contribution is -2.47. The quantitative estimate of drug-likeness (QED) is 0.436. The minimum absolute atomic E-state index is 0.403. The Morgan fingerprint density at radius 2 is 1.21 bits per heavy atom. The smallest absolute Gasteiger partial charge is 0.337 e. The third-order valence-corrected chi connectivity index (χ3v) is 5.64. The minimum atomic E-state index is -0.929. The molecule has 3 aromatic rings. The van der Waals surface area contributed by atoms with E-state index in [-0.39, 0.29) is 0 Å². The molecule has 0 bridgehead atoms. The van der Waals surface area contributed by atoms with Gasteiger partial charge >= 0.3 is 11.9 Å². The van der Waals surface area contributed by atoms with Gasteiger partial charge in [-0.2, -0.15) is 0 Å². The molecule has 1 saturated heterocycles. The summed E-state index contributed by atoms with van der Waals surface area (Å²) in [6.07, 6.45) is 7.51. The fourth-order valence-electron chi connectivity index (χ4n) is 4.21. The number of fused-ring (bicyclic) bond motifs is 1. The van der Waals surface area contributed by atoms with Crippen LogP contribution in [-0.4, -0.2) is 29.0 Å². The normalized spacial score (nSPS) is 20.9. The van der Waals surface area contributed by atoms with Crippen molar-refractivity contribution in [2.75, 3.05) is 5.01 Å². The molecular formula is C27H22N2O4. The summed E-state index contributed by atoms with van der Waals surface area (Å²) in [6, 6.07) is 25.9. The van der Waals surface area contributed by atoms with Gasteiger partial charge in [-0.05, 0) is 42.5 Å². The molecular weight excluding hydrogens is 416 g/mol. The van der Waals surface area contributed by atoms with Gasteiger partial charge in [-0.25, -0.2) is 4.79 Å². The zero-order chi connectivity index (χ0) is 22.6. The predicted molar refractivity (Wildman–Crippen MR) is 124 cm³/mol. The second-order valence-electron chi connectivity index (χ2n) is 7.72. The second kappa shape index (κ2) is 9.04. The van der Waals surface area contributed by atoms with Crippen molar-refractivity contribution in [1.82, 2.24) is 5.01 Å². The highest BCUT2D eigenvalue weighted by Gasteiger charge is 2.55. The fraction of sp³-hybridized carbons (Fsp3) is 0.111. The number of allylic oxidation sites excluding steroid dienone is 2. The van der Waals surface area contributed by atoms with Gasteiger partial charge in [0.15, 0.2) is 6.04 Å². The fourth-order valence-corrected chi connectivity index (χ4v) is 4.21. The van der Waals surface area contributed by atoms with Gasteiger partial charge in [0.25, 0.3) is 0 Å². The van der Waals surface area contributed by atoms with Crippen LogP contribution in [0.2, 0.25) is 0 Å². The summed E-state index contributed by atoms with van der Waals surface area (Å²) in [5.41, 5.74) is 0.771. The van der Waals surface area contributed by atoms with Gasteiger partial charge in [0.05, 0.1) is 11.7 Å². The van der Waals surface area contributed by atoms with E-state index < -0.39 is 29.9 Å². The van der Waals surface area contributed by atoms with Crippen molar-refractivity contribution in [3.8, 4) is 11.5 Å². The van der Waals surface area contributed by atoms with Crippen LogP contribution >= 0.6 is 0 Å². The topological polar surface area (TPSA) is 59.1 Å². The van der Waals surface area contributed by atoms with Crippen molar-refractivity contribution in [1.29, 1.82) is 0 Å². The molecule has 3 atom stereocenters. The van der Waals surface area contributed by atoms with Crippen LogP contribution < -0.4 is 14.5 Å². The Morgan fingerprint density at radius 3 is 1.82 bits per heavy atom. The summed E-state index contributed by atoms with van der Waals surface area (Å²) < 4.78 is 11.4. The zero-order valence-corrected chi connectivity index (χ0v) is 17.7. The Hall–Kier alpha value is -4.32. The molecule has 0 amide bonds. The highest BCUT2D eigenvalue weighted by atomic mass is 16.5. The van der Waals surface area contributed by atoms with E-state index in [0.29, 0.717) is 11.5 Å². The van der Waals surface area contributed by atoms with E-state index in [1.54, 1.807) is 48.5 Å². The molecule has 0 spiro atoms. The van der Waals surface area contributed by atoms with Gasteiger partial charge in [-0.3, -0.25) is 14.8 Å². The van der Waals surface area contributed by atoms with Crippen molar-refractivity contribution in [3.63, 3.8) is 0 Å². The molecule has 33 heavy (non-hydrogen) atoms. The molecule has 0 radical (unpaired) electrons. The van der Waals surface area contributed by atoms with Crippen LogP contribution in [0.25, 0.3) is 0 Å². The number of hydrogen-bond donors (Lipinski definition) is 0. The van der Waals surface area contributed by atoms with Gasteiger partial charge in [0.1, 0.15) is 17.4 Å². The molecule has 1 fully saturated rings. The lowest BCUT2D eigenvalue weighted by Gasteiger charge is -2.34. The molecule has 0 saturated carbocycles.